The summed E-state index contributed by atoms with van der Waals surface area (Å²) >= 11 is 0. The second-order valence-electron chi connectivity index (χ2n) is 9.67. The zero-order chi connectivity index (χ0) is 22.2. The largest absolute Gasteiger partial charge is 0.497 e. The van der Waals surface area contributed by atoms with E-state index in [-0.39, 0.29) is 22.8 Å². The first kappa shape index (κ1) is 21.6. The van der Waals surface area contributed by atoms with Gasteiger partial charge >= 0.3 is 0 Å². The molecule has 3 heterocycles. The summed E-state index contributed by atoms with van der Waals surface area (Å²) in [6.07, 6.45) is 1.60. The predicted molar refractivity (Wildman–Crippen MR) is 119 cm³/mol. The van der Waals surface area contributed by atoms with Gasteiger partial charge in [-0.1, -0.05) is 32.9 Å². The lowest BCUT2D eigenvalue weighted by Crippen LogP contribution is -2.38. The van der Waals surface area contributed by atoms with Crippen LogP contribution in [0.15, 0.2) is 29.1 Å². The van der Waals surface area contributed by atoms with Crippen LogP contribution >= 0.6 is 0 Å². The summed E-state index contributed by atoms with van der Waals surface area (Å²) in [7, 11) is 1.66. The summed E-state index contributed by atoms with van der Waals surface area (Å²) in [5.41, 5.74) is 2.44. The second-order valence-corrected chi connectivity index (χ2v) is 9.67. The number of likely N-dealkylation sites (tertiary alicyclic amines) is 1. The van der Waals surface area contributed by atoms with E-state index in [1.807, 2.05) is 37.8 Å². The van der Waals surface area contributed by atoms with E-state index < -0.39 is 0 Å². The van der Waals surface area contributed by atoms with E-state index in [0.29, 0.717) is 13.1 Å². The summed E-state index contributed by atoms with van der Waals surface area (Å²) in [6.45, 7) is 9.44. The third kappa shape index (κ3) is 4.66. The molecule has 31 heavy (non-hydrogen) atoms. The van der Waals surface area contributed by atoms with Gasteiger partial charge in [-0.3, -0.25) is 14.5 Å². The van der Waals surface area contributed by atoms with Crippen molar-refractivity contribution in [3.63, 3.8) is 0 Å². The summed E-state index contributed by atoms with van der Waals surface area (Å²) in [5.74, 6) is 1.83. The molecular formula is C24H32N4O3. The maximum absolute atomic E-state index is 12.9. The van der Waals surface area contributed by atoms with Gasteiger partial charge in [0.2, 0.25) is 5.91 Å². The van der Waals surface area contributed by atoms with E-state index in [9.17, 15) is 9.59 Å². The number of aromatic amines is 1. The van der Waals surface area contributed by atoms with Gasteiger partial charge in [-0.05, 0) is 24.1 Å². The number of hydrogen-bond acceptors (Lipinski definition) is 5. The number of ether oxygens (including phenoxy) is 1. The highest BCUT2D eigenvalue weighted by molar-refractivity contribution is 5.81. The third-order valence-corrected chi connectivity index (χ3v) is 6.23. The molecule has 0 saturated carbocycles. The second kappa shape index (κ2) is 8.46. The quantitative estimate of drug-likeness (QED) is 0.817. The fourth-order valence-corrected chi connectivity index (χ4v) is 4.46. The number of H-pyrrole nitrogens is 1. The monoisotopic (exact) mass is 424 g/mol. The van der Waals surface area contributed by atoms with Crippen LogP contribution in [-0.2, 0) is 24.3 Å². The van der Waals surface area contributed by atoms with E-state index in [1.165, 1.54) is 5.56 Å². The first-order valence-electron chi connectivity index (χ1n) is 11.0. The van der Waals surface area contributed by atoms with Gasteiger partial charge in [0.25, 0.3) is 5.56 Å². The lowest BCUT2D eigenvalue weighted by molar-refractivity contribution is -0.138. The Hall–Kier alpha value is -2.67. The van der Waals surface area contributed by atoms with Crippen molar-refractivity contribution in [3.05, 3.63) is 57.3 Å². The molecule has 2 aromatic rings. The van der Waals surface area contributed by atoms with Crippen molar-refractivity contribution in [2.75, 3.05) is 26.7 Å². The molecule has 2 aliphatic rings. The predicted octanol–water partition coefficient (Wildman–Crippen LogP) is 2.70. The summed E-state index contributed by atoms with van der Waals surface area (Å²) < 4.78 is 5.22. The topological polar surface area (TPSA) is 78.5 Å². The number of nitrogens with zero attached hydrogens (tertiary/aromatic N) is 3. The van der Waals surface area contributed by atoms with Crippen LogP contribution < -0.4 is 10.3 Å². The lowest BCUT2D eigenvalue weighted by Gasteiger charge is -2.28. The Bertz CT molecular complexity index is 1010. The minimum atomic E-state index is -0.390. The molecule has 1 aromatic heterocycles. The van der Waals surface area contributed by atoms with Crippen LogP contribution in [0.1, 0.15) is 55.8 Å². The maximum Gasteiger partial charge on any atom is 0.255 e. The van der Waals surface area contributed by atoms with E-state index in [2.05, 4.69) is 22.0 Å². The first-order chi connectivity index (χ1) is 14.7. The van der Waals surface area contributed by atoms with Gasteiger partial charge in [0, 0.05) is 50.5 Å². The van der Waals surface area contributed by atoms with Crippen molar-refractivity contribution in [1.82, 2.24) is 19.8 Å². The molecule has 0 unspecified atom stereocenters. The molecule has 0 radical (unpaired) electrons. The van der Waals surface area contributed by atoms with Crippen molar-refractivity contribution >= 4 is 5.91 Å². The number of rotatable bonds is 4. The van der Waals surface area contributed by atoms with E-state index in [4.69, 9.17) is 9.72 Å². The molecule has 1 saturated heterocycles. The fraction of sp³-hybridized carbons (Fsp3) is 0.542. The molecule has 0 spiro atoms. The molecule has 1 atom stereocenters. The van der Waals surface area contributed by atoms with Gasteiger partial charge in [-0.15, -0.1) is 0 Å². The van der Waals surface area contributed by atoms with Crippen LogP contribution in [0, 0.1) is 5.41 Å². The van der Waals surface area contributed by atoms with Gasteiger partial charge < -0.3 is 14.6 Å². The average molecular weight is 425 g/mol. The molecule has 2 aliphatic heterocycles. The Balaban J connectivity index is 1.45. The number of methoxy groups -OCH3 is 1. The highest BCUT2D eigenvalue weighted by Gasteiger charge is 2.34. The highest BCUT2D eigenvalue weighted by Crippen LogP contribution is 2.29. The van der Waals surface area contributed by atoms with Crippen LogP contribution in [0.4, 0.5) is 0 Å². The normalized spacial score (nSPS) is 19.4. The van der Waals surface area contributed by atoms with Gasteiger partial charge in [-0.2, -0.15) is 0 Å². The van der Waals surface area contributed by atoms with E-state index in [0.717, 1.165) is 55.3 Å². The van der Waals surface area contributed by atoms with Crippen molar-refractivity contribution in [2.45, 2.75) is 52.6 Å². The zero-order valence-corrected chi connectivity index (χ0v) is 18.9. The number of carbonyl (C=O) groups is 1. The first-order valence-corrected chi connectivity index (χ1v) is 11.0. The van der Waals surface area contributed by atoms with Gasteiger partial charge in [0.1, 0.15) is 11.6 Å². The van der Waals surface area contributed by atoms with Crippen molar-refractivity contribution < 1.29 is 9.53 Å². The molecule has 1 N–H and O–H groups in total. The summed E-state index contributed by atoms with van der Waals surface area (Å²) in [5, 5.41) is 0. The van der Waals surface area contributed by atoms with Gasteiger partial charge in [0.05, 0.1) is 18.4 Å². The fourth-order valence-electron chi connectivity index (χ4n) is 4.46. The van der Waals surface area contributed by atoms with Crippen LogP contribution in [0.2, 0.25) is 0 Å². The standard InChI is InChI=1S/C24H32N4O3/c1-24(2,3)23(30)28-12-9-17(14-28)21-25-20-10-11-27(15-19(20)22(29)26-21)13-16-5-7-18(31-4)8-6-16/h5-8,17H,9-15H2,1-4H3,(H,25,26,29)/t17-/m1/s1. The van der Waals surface area contributed by atoms with E-state index >= 15 is 0 Å². The smallest absolute Gasteiger partial charge is 0.255 e. The maximum atomic E-state index is 12.9. The summed E-state index contributed by atoms with van der Waals surface area (Å²) in [4.78, 5) is 37.5. The Morgan fingerprint density at radius 1 is 1.23 bits per heavy atom. The van der Waals surface area contributed by atoms with Crippen LogP contribution in [0.5, 0.6) is 5.75 Å². The number of amides is 1. The van der Waals surface area contributed by atoms with Gasteiger partial charge in [-0.25, -0.2) is 4.98 Å². The molecule has 0 aliphatic carbocycles. The Morgan fingerprint density at radius 3 is 2.65 bits per heavy atom. The Kier molecular flexibility index (Phi) is 5.88. The molecule has 4 rings (SSSR count). The number of aromatic nitrogens is 2. The van der Waals surface area contributed by atoms with Crippen LogP contribution in [0.25, 0.3) is 0 Å². The van der Waals surface area contributed by atoms with Crippen molar-refractivity contribution in [1.29, 1.82) is 0 Å². The molecule has 7 nitrogen and oxygen atoms in total. The van der Waals surface area contributed by atoms with Gasteiger partial charge in [0.15, 0.2) is 0 Å². The minimum Gasteiger partial charge on any atom is -0.497 e. The molecule has 1 amide bonds. The van der Waals surface area contributed by atoms with Crippen LogP contribution in [0.3, 0.4) is 0 Å². The SMILES string of the molecule is COc1ccc(CN2CCc3nc([C@@H]4CCN(C(=O)C(C)(C)C)C4)[nH]c(=O)c3C2)cc1. The highest BCUT2D eigenvalue weighted by atomic mass is 16.5. The Morgan fingerprint density at radius 2 is 1.97 bits per heavy atom. The Labute approximate surface area is 183 Å². The summed E-state index contributed by atoms with van der Waals surface area (Å²) in [6, 6.07) is 8.04. The number of nitrogens with one attached hydrogen (secondary N) is 1. The molecule has 1 fully saturated rings. The number of carbonyl (C=O) groups excluding carboxylic acids is 1. The number of benzene rings is 1. The van der Waals surface area contributed by atoms with Crippen molar-refractivity contribution in [2.24, 2.45) is 5.41 Å². The third-order valence-electron chi connectivity index (χ3n) is 6.23. The van der Waals surface area contributed by atoms with Crippen molar-refractivity contribution in [3.8, 4) is 5.75 Å². The molecule has 0 bridgehead atoms. The minimum absolute atomic E-state index is 0.0416. The van der Waals surface area contributed by atoms with E-state index in [1.54, 1.807) is 7.11 Å². The zero-order valence-electron chi connectivity index (χ0n) is 18.9. The number of fused-ring (bicyclic) bond motifs is 1. The molecule has 7 heteroatoms. The average Bonchev–Trinajstić information content (AvgIpc) is 3.23. The lowest BCUT2D eigenvalue weighted by atomic mass is 9.95. The molecular weight excluding hydrogens is 392 g/mol. The molecule has 166 valence electrons. The molecule has 1 aromatic carbocycles. The number of hydrogen-bond donors (Lipinski definition) is 1. The van der Waals surface area contributed by atoms with Crippen LogP contribution in [-0.4, -0.2) is 52.4 Å².